The van der Waals surface area contributed by atoms with Crippen LogP contribution in [0.15, 0.2) is 28.1 Å². The number of aliphatic imine (C=N–C) groups is 1. The smallest absolute Gasteiger partial charge is 0.191 e. The summed E-state index contributed by atoms with van der Waals surface area (Å²) < 4.78 is 23.5. The summed E-state index contributed by atoms with van der Waals surface area (Å²) in [5.74, 6) is 1.29. The Labute approximate surface area is 193 Å². The van der Waals surface area contributed by atoms with E-state index in [9.17, 15) is 8.42 Å². The fourth-order valence-electron chi connectivity index (χ4n) is 3.45. The summed E-state index contributed by atoms with van der Waals surface area (Å²) >= 11 is 0. The number of hydrogen-bond donors (Lipinski definition) is 2. The van der Waals surface area contributed by atoms with E-state index in [2.05, 4.69) is 39.4 Å². The SMILES string of the molecule is CN=C(NCc1ccc(S(C)(=O)=O)c(C)c1)NCC(C)CN1CCN(C)CC1.I. The van der Waals surface area contributed by atoms with Crippen molar-refractivity contribution in [1.29, 1.82) is 0 Å². The molecule has 1 aromatic rings. The molecule has 0 amide bonds. The summed E-state index contributed by atoms with van der Waals surface area (Å²) in [6.07, 6.45) is 1.24. The predicted octanol–water partition coefficient (Wildman–Crippen LogP) is 1.57. The topological polar surface area (TPSA) is 77.0 Å². The second-order valence-corrected chi connectivity index (χ2v) is 9.87. The Morgan fingerprint density at radius 1 is 1.21 bits per heavy atom. The average molecular weight is 538 g/mol. The lowest BCUT2D eigenvalue weighted by Crippen LogP contribution is -2.47. The van der Waals surface area contributed by atoms with Gasteiger partial charge in [0.25, 0.3) is 0 Å². The molecule has 29 heavy (non-hydrogen) atoms. The van der Waals surface area contributed by atoms with Crippen molar-refractivity contribution in [3.63, 3.8) is 0 Å². The molecule has 0 radical (unpaired) electrons. The molecule has 7 nitrogen and oxygen atoms in total. The lowest BCUT2D eigenvalue weighted by atomic mass is 10.1. The Hall–Kier alpha value is -0.910. The summed E-state index contributed by atoms with van der Waals surface area (Å²) in [6.45, 7) is 11.2. The first-order valence-electron chi connectivity index (χ1n) is 9.84. The van der Waals surface area contributed by atoms with Gasteiger partial charge in [-0.2, -0.15) is 0 Å². The molecule has 166 valence electrons. The minimum atomic E-state index is -3.18. The van der Waals surface area contributed by atoms with E-state index < -0.39 is 9.84 Å². The number of rotatable bonds is 7. The number of nitrogens with zero attached hydrogens (tertiary/aromatic N) is 3. The van der Waals surface area contributed by atoms with Gasteiger partial charge in [0.05, 0.1) is 4.90 Å². The van der Waals surface area contributed by atoms with Gasteiger partial charge in [0.1, 0.15) is 0 Å². The van der Waals surface area contributed by atoms with E-state index in [1.807, 2.05) is 19.1 Å². The number of likely N-dealkylation sites (N-methyl/N-ethyl adjacent to an activating group) is 1. The number of nitrogens with one attached hydrogen (secondary N) is 2. The summed E-state index contributed by atoms with van der Waals surface area (Å²) in [7, 11) is 0.754. The van der Waals surface area contributed by atoms with Crippen LogP contribution < -0.4 is 10.6 Å². The molecule has 0 aliphatic carbocycles. The second kappa shape index (κ2) is 12.1. The maximum Gasteiger partial charge on any atom is 0.191 e. The van der Waals surface area contributed by atoms with E-state index in [-0.39, 0.29) is 24.0 Å². The quantitative estimate of drug-likeness (QED) is 0.313. The van der Waals surface area contributed by atoms with Crippen molar-refractivity contribution in [3.05, 3.63) is 29.3 Å². The Morgan fingerprint density at radius 3 is 2.41 bits per heavy atom. The molecule has 0 spiro atoms. The summed E-state index contributed by atoms with van der Waals surface area (Å²) in [5.41, 5.74) is 1.80. The van der Waals surface area contributed by atoms with Crippen molar-refractivity contribution in [3.8, 4) is 0 Å². The Balaban J connectivity index is 0.00000420. The van der Waals surface area contributed by atoms with E-state index >= 15 is 0 Å². The summed E-state index contributed by atoms with van der Waals surface area (Å²) in [4.78, 5) is 9.57. The lowest BCUT2D eigenvalue weighted by molar-refractivity contribution is 0.139. The van der Waals surface area contributed by atoms with Crippen molar-refractivity contribution >= 4 is 39.8 Å². The maximum atomic E-state index is 11.7. The molecular formula is C20H36IN5O2S. The Kier molecular flexibility index (Phi) is 10.9. The highest BCUT2D eigenvalue weighted by atomic mass is 127. The molecule has 1 saturated heterocycles. The van der Waals surface area contributed by atoms with Gasteiger partial charge in [0.2, 0.25) is 0 Å². The van der Waals surface area contributed by atoms with E-state index in [0.717, 1.165) is 56.4 Å². The number of benzene rings is 1. The molecule has 1 aliphatic heterocycles. The fourth-order valence-corrected chi connectivity index (χ4v) is 4.41. The van der Waals surface area contributed by atoms with Gasteiger partial charge in [-0.05, 0) is 37.1 Å². The monoisotopic (exact) mass is 537 g/mol. The maximum absolute atomic E-state index is 11.7. The van der Waals surface area contributed by atoms with E-state index in [0.29, 0.717) is 17.4 Å². The minimum Gasteiger partial charge on any atom is -0.356 e. The van der Waals surface area contributed by atoms with Gasteiger partial charge in [0, 0.05) is 59.1 Å². The van der Waals surface area contributed by atoms with Crippen molar-refractivity contribution < 1.29 is 8.42 Å². The van der Waals surface area contributed by atoms with Gasteiger partial charge in [-0.25, -0.2) is 8.42 Å². The highest BCUT2D eigenvalue weighted by Gasteiger charge is 2.16. The van der Waals surface area contributed by atoms with Crippen LogP contribution in [-0.4, -0.2) is 83.8 Å². The highest BCUT2D eigenvalue weighted by molar-refractivity contribution is 14.0. The van der Waals surface area contributed by atoms with E-state index in [1.54, 1.807) is 13.1 Å². The first kappa shape index (κ1) is 26.1. The van der Waals surface area contributed by atoms with Crippen LogP contribution in [0.5, 0.6) is 0 Å². The molecule has 1 unspecified atom stereocenters. The van der Waals surface area contributed by atoms with Crippen LogP contribution in [-0.2, 0) is 16.4 Å². The molecule has 2 N–H and O–H groups in total. The number of sulfone groups is 1. The zero-order valence-electron chi connectivity index (χ0n) is 18.2. The van der Waals surface area contributed by atoms with Gasteiger partial charge >= 0.3 is 0 Å². The van der Waals surface area contributed by atoms with Crippen molar-refractivity contribution in [2.75, 3.05) is 59.6 Å². The fraction of sp³-hybridized carbons (Fsp3) is 0.650. The van der Waals surface area contributed by atoms with E-state index in [1.165, 1.54) is 6.26 Å². The molecule has 2 rings (SSSR count). The van der Waals surface area contributed by atoms with Crippen LogP contribution in [0.2, 0.25) is 0 Å². The van der Waals surface area contributed by atoms with Gasteiger partial charge in [-0.3, -0.25) is 4.99 Å². The molecule has 1 heterocycles. The normalized spacial score (nSPS) is 17.5. The van der Waals surface area contributed by atoms with Gasteiger partial charge < -0.3 is 20.4 Å². The van der Waals surface area contributed by atoms with Crippen LogP contribution in [0.3, 0.4) is 0 Å². The number of aryl methyl sites for hydroxylation is 1. The predicted molar refractivity (Wildman–Crippen MR) is 131 cm³/mol. The molecule has 0 saturated carbocycles. The standard InChI is InChI=1S/C20H35N5O2S.HI/c1-16(15-25-10-8-24(4)9-11-25)13-22-20(21-3)23-14-18-6-7-19(17(2)12-18)28(5,26)27;/h6-7,12,16H,8-11,13-15H2,1-5H3,(H2,21,22,23);1H. The number of guanidine groups is 1. The summed E-state index contributed by atoms with van der Waals surface area (Å²) in [5, 5.41) is 6.70. The molecular weight excluding hydrogens is 501 g/mol. The van der Waals surface area contributed by atoms with Crippen LogP contribution in [0, 0.1) is 12.8 Å². The molecule has 9 heteroatoms. The molecule has 1 aromatic carbocycles. The Morgan fingerprint density at radius 2 is 1.86 bits per heavy atom. The number of hydrogen-bond acceptors (Lipinski definition) is 5. The molecule has 1 aliphatic rings. The van der Waals surface area contributed by atoms with Crippen LogP contribution in [0.1, 0.15) is 18.1 Å². The third kappa shape index (κ3) is 8.77. The summed E-state index contributed by atoms with van der Waals surface area (Å²) in [6, 6.07) is 5.43. The molecule has 1 atom stereocenters. The van der Waals surface area contributed by atoms with Crippen LogP contribution in [0.25, 0.3) is 0 Å². The lowest BCUT2D eigenvalue weighted by Gasteiger charge is -2.34. The second-order valence-electron chi connectivity index (χ2n) is 7.89. The van der Waals surface area contributed by atoms with E-state index in [4.69, 9.17) is 0 Å². The van der Waals surface area contributed by atoms with Gasteiger partial charge in [-0.15, -0.1) is 24.0 Å². The zero-order chi connectivity index (χ0) is 20.7. The van der Waals surface area contributed by atoms with Crippen molar-refractivity contribution in [2.45, 2.75) is 25.3 Å². The largest absolute Gasteiger partial charge is 0.356 e. The average Bonchev–Trinajstić information content (AvgIpc) is 2.63. The third-order valence-corrected chi connectivity index (χ3v) is 6.36. The zero-order valence-corrected chi connectivity index (χ0v) is 21.4. The molecule has 0 bridgehead atoms. The Bertz CT molecular complexity index is 777. The van der Waals surface area contributed by atoms with Crippen LogP contribution in [0.4, 0.5) is 0 Å². The first-order valence-corrected chi connectivity index (χ1v) is 11.7. The number of halogens is 1. The first-order chi connectivity index (χ1) is 13.2. The van der Waals surface area contributed by atoms with Crippen molar-refractivity contribution in [1.82, 2.24) is 20.4 Å². The minimum absolute atomic E-state index is 0. The third-order valence-electron chi connectivity index (χ3n) is 5.11. The molecule has 0 aromatic heterocycles. The number of piperazine rings is 1. The van der Waals surface area contributed by atoms with Gasteiger partial charge in [0.15, 0.2) is 15.8 Å². The van der Waals surface area contributed by atoms with Crippen molar-refractivity contribution in [2.24, 2.45) is 10.9 Å². The highest BCUT2D eigenvalue weighted by Crippen LogP contribution is 2.16. The molecule has 1 fully saturated rings. The van der Waals surface area contributed by atoms with Gasteiger partial charge in [-0.1, -0.05) is 19.1 Å². The van der Waals surface area contributed by atoms with Crippen LogP contribution >= 0.6 is 24.0 Å².